The molecule has 2 rings (SSSR count). The molecule has 0 aliphatic rings. The van der Waals surface area contributed by atoms with Crippen LogP contribution >= 0.6 is 0 Å². The number of benzene rings is 1. The number of hydrogen-bond acceptors (Lipinski definition) is 6. The van der Waals surface area contributed by atoms with Crippen molar-refractivity contribution in [2.75, 3.05) is 20.4 Å². The summed E-state index contributed by atoms with van der Waals surface area (Å²) in [5, 5.41) is 0. The fraction of sp³-hybridized carbons (Fsp3) is 0.435. The molecule has 9 heteroatoms. The maximum Gasteiger partial charge on any atom is 0.364 e. The maximum atomic E-state index is 12.9. The molecule has 2 unspecified atom stereocenters. The fourth-order valence-electron chi connectivity index (χ4n) is 3.09. The van der Waals surface area contributed by atoms with Gasteiger partial charge in [-0.25, -0.2) is 0 Å². The summed E-state index contributed by atoms with van der Waals surface area (Å²) in [4.78, 5) is 27.0. The van der Waals surface area contributed by atoms with Crippen LogP contribution < -0.4 is 9.01 Å². The van der Waals surface area contributed by atoms with Crippen molar-refractivity contribution in [2.45, 2.75) is 39.2 Å². The Labute approximate surface area is 189 Å². The number of likely N-dealkylation sites (N-methyl/N-ethyl adjacent to an activating group) is 1. The molecule has 0 saturated carbocycles. The number of aromatic nitrogens is 1. The Bertz CT molecular complexity index is 1050. The number of esters is 1. The molecule has 1 amide bonds. The Balaban J connectivity index is 2.26. The van der Waals surface area contributed by atoms with Gasteiger partial charge in [-0.05, 0) is 36.5 Å². The maximum absolute atomic E-state index is 12.9. The molecule has 32 heavy (non-hydrogen) atoms. The molecule has 0 saturated heterocycles. The summed E-state index contributed by atoms with van der Waals surface area (Å²) >= 11 is 0. The molecule has 2 atom stereocenters. The van der Waals surface area contributed by atoms with Gasteiger partial charge in [0.2, 0.25) is 18.5 Å². The Kier molecular flexibility index (Phi) is 8.38. The first-order chi connectivity index (χ1) is 14.9. The molecule has 0 aliphatic carbocycles. The quantitative estimate of drug-likeness (QED) is 0.417. The lowest BCUT2D eigenvalue weighted by Crippen LogP contribution is -2.45. The Hall–Kier alpha value is -2.94. The summed E-state index contributed by atoms with van der Waals surface area (Å²) in [7, 11) is -0.689. The summed E-state index contributed by atoms with van der Waals surface area (Å²) in [6.07, 6.45) is 3.26. The zero-order chi connectivity index (χ0) is 24.1. The SMILES string of the molecule is CC(C)Cc1ccc(C(C)C(=O)OC(C(=O)N(C)C)c2ccc[n+](OS(C)(=O)=O)c2)cc1. The number of nitrogens with zero attached hydrogens (tertiary/aromatic N) is 2. The molecule has 0 radical (unpaired) electrons. The first-order valence-corrected chi connectivity index (χ1v) is 12.1. The number of amides is 1. The lowest BCUT2D eigenvalue weighted by molar-refractivity contribution is -0.856. The predicted octanol–water partition coefficient (Wildman–Crippen LogP) is 2.04. The smallest absolute Gasteiger partial charge is 0.364 e. The van der Waals surface area contributed by atoms with Crippen molar-refractivity contribution in [1.82, 2.24) is 4.90 Å². The second-order valence-electron chi connectivity index (χ2n) is 8.39. The average molecular weight is 464 g/mol. The van der Waals surface area contributed by atoms with Crippen LogP contribution in [0, 0.1) is 5.92 Å². The highest BCUT2D eigenvalue weighted by molar-refractivity contribution is 7.86. The summed E-state index contributed by atoms with van der Waals surface area (Å²) in [6, 6.07) is 10.8. The molecular formula is C23H31N2O6S+. The van der Waals surface area contributed by atoms with Gasteiger partial charge in [-0.2, -0.15) is 8.42 Å². The average Bonchev–Trinajstić information content (AvgIpc) is 2.69. The van der Waals surface area contributed by atoms with Gasteiger partial charge in [-0.1, -0.05) is 38.1 Å². The van der Waals surface area contributed by atoms with E-state index in [9.17, 15) is 18.0 Å². The minimum atomic E-state index is -3.78. The van der Waals surface area contributed by atoms with Crippen molar-refractivity contribution in [2.24, 2.45) is 5.92 Å². The van der Waals surface area contributed by atoms with E-state index in [4.69, 9.17) is 9.02 Å². The molecule has 0 spiro atoms. The lowest BCUT2D eigenvalue weighted by Gasteiger charge is -2.22. The van der Waals surface area contributed by atoms with Gasteiger partial charge in [-0.15, -0.1) is 4.28 Å². The van der Waals surface area contributed by atoms with E-state index >= 15 is 0 Å². The van der Waals surface area contributed by atoms with Crippen molar-refractivity contribution in [1.29, 1.82) is 0 Å². The third-order valence-electron chi connectivity index (χ3n) is 4.70. The molecule has 1 heterocycles. The van der Waals surface area contributed by atoms with E-state index in [1.807, 2.05) is 24.3 Å². The topological polar surface area (TPSA) is 93.9 Å². The van der Waals surface area contributed by atoms with Crippen molar-refractivity contribution >= 4 is 22.0 Å². The minimum Gasteiger partial charge on any atom is -0.447 e. The van der Waals surface area contributed by atoms with Crippen LogP contribution in [0.1, 0.15) is 49.5 Å². The first-order valence-electron chi connectivity index (χ1n) is 10.3. The van der Waals surface area contributed by atoms with Gasteiger partial charge in [0.05, 0.1) is 17.7 Å². The summed E-state index contributed by atoms with van der Waals surface area (Å²) in [6.45, 7) is 6.00. The van der Waals surface area contributed by atoms with E-state index in [0.29, 0.717) is 5.92 Å². The largest absolute Gasteiger partial charge is 0.447 e. The zero-order valence-electron chi connectivity index (χ0n) is 19.3. The molecule has 0 fully saturated rings. The van der Waals surface area contributed by atoms with Gasteiger partial charge < -0.3 is 9.64 Å². The number of rotatable bonds is 9. The van der Waals surface area contributed by atoms with Crippen LogP contribution in [0.4, 0.5) is 0 Å². The molecule has 2 aromatic rings. The van der Waals surface area contributed by atoms with Crippen LogP contribution in [0.15, 0.2) is 48.8 Å². The number of carbonyl (C=O) groups excluding carboxylic acids is 2. The van der Waals surface area contributed by atoms with E-state index < -0.39 is 34.0 Å². The van der Waals surface area contributed by atoms with Crippen LogP contribution in [-0.4, -0.2) is 45.5 Å². The summed E-state index contributed by atoms with van der Waals surface area (Å²) in [5.41, 5.74) is 2.24. The highest BCUT2D eigenvalue weighted by atomic mass is 32.2. The molecule has 0 N–H and O–H groups in total. The van der Waals surface area contributed by atoms with Crippen molar-refractivity contribution < 1.29 is 31.8 Å². The molecule has 1 aromatic carbocycles. The monoisotopic (exact) mass is 463 g/mol. The normalized spacial score (nSPS) is 13.3. The van der Waals surface area contributed by atoms with Crippen molar-refractivity contribution in [3.05, 3.63) is 65.5 Å². The lowest BCUT2D eigenvalue weighted by atomic mass is 9.97. The molecule has 1 aromatic heterocycles. The standard InChI is InChI=1S/C23H31N2O6S/c1-16(2)14-18-9-11-19(12-10-18)17(3)23(27)30-21(22(26)24(4)5)20-8-7-13-25(15-20)31-32(6,28)29/h7-13,15-17,21H,14H2,1-6H3/q+1. The number of hydrogen-bond donors (Lipinski definition) is 0. The Morgan fingerprint density at radius 2 is 1.66 bits per heavy atom. The summed E-state index contributed by atoms with van der Waals surface area (Å²) < 4.78 is 34.2. The minimum absolute atomic E-state index is 0.280. The van der Waals surface area contributed by atoms with Gasteiger partial charge in [0, 0.05) is 24.9 Å². The van der Waals surface area contributed by atoms with Crippen molar-refractivity contribution in [3.8, 4) is 0 Å². The molecule has 8 nitrogen and oxygen atoms in total. The van der Waals surface area contributed by atoms with Crippen LogP contribution in [0.5, 0.6) is 0 Å². The van der Waals surface area contributed by atoms with E-state index in [1.165, 1.54) is 28.9 Å². The zero-order valence-corrected chi connectivity index (χ0v) is 20.1. The number of pyridine rings is 1. The van der Waals surface area contributed by atoms with Crippen LogP contribution in [-0.2, 0) is 30.9 Å². The Morgan fingerprint density at radius 3 is 2.19 bits per heavy atom. The predicted molar refractivity (Wildman–Crippen MR) is 119 cm³/mol. The number of carbonyl (C=O) groups is 2. The first kappa shape index (κ1) is 25.3. The second-order valence-corrected chi connectivity index (χ2v) is 9.94. The van der Waals surface area contributed by atoms with Crippen LogP contribution in [0.2, 0.25) is 0 Å². The third kappa shape index (κ3) is 7.33. The molecule has 0 bridgehead atoms. The van der Waals surface area contributed by atoms with E-state index in [0.717, 1.165) is 23.0 Å². The molecular weight excluding hydrogens is 432 g/mol. The molecule has 0 aliphatic heterocycles. The Morgan fingerprint density at radius 1 is 1.03 bits per heavy atom. The van der Waals surface area contributed by atoms with Gasteiger partial charge in [0.25, 0.3) is 5.91 Å². The van der Waals surface area contributed by atoms with Gasteiger partial charge in [-0.3, -0.25) is 9.59 Å². The van der Waals surface area contributed by atoms with Crippen molar-refractivity contribution in [3.63, 3.8) is 0 Å². The number of ether oxygens (including phenoxy) is 1. The van der Waals surface area contributed by atoms with Gasteiger partial charge >= 0.3 is 16.1 Å². The highest BCUT2D eigenvalue weighted by Gasteiger charge is 2.31. The van der Waals surface area contributed by atoms with Crippen LogP contribution in [0.25, 0.3) is 0 Å². The van der Waals surface area contributed by atoms with Gasteiger partial charge in [0.15, 0.2) is 0 Å². The van der Waals surface area contributed by atoms with E-state index in [1.54, 1.807) is 27.1 Å². The second kappa shape index (κ2) is 10.6. The van der Waals surface area contributed by atoms with E-state index in [2.05, 4.69) is 13.8 Å². The van der Waals surface area contributed by atoms with E-state index in [-0.39, 0.29) is 5.56 Å². The summed E-state index contributed by atoms with van der Waals surface area (Å²) in [5.74, 6) is -1.10. The fourth-order valence-corrected chi connectivity index (χ4v) is 3.50. The molecule has 174 valence electrons. The van der Waals surface area contributed by atoms with Gasteiger partial charge in [0.1, 0.15) is 0 Å². The highest BCUT2D eigenvalue weighted by Crippen LogP contribution is 2.24. The van der Waals surface area contributed by atoms with Crippen LogP contribution in [0.3, 0.4) is 0 Å². The third-order valence-corrected chi connectivity index (χ3v) is 5.14.